The molecule has 7 aromatic heterocycles. The Labute approximate surface area is 413 Å². The van der Waals surface area contributed by atoms with Gasteiger partial charge in [-0.05, 0) is 132 Å². The van der Waals surface area contributed by atoms with Crippen molar-refractivity contribution in [2.24, 2.45) is 18.5 Å². The van der Waals surface area contributed by atoms with Gasteiger partial charge in [0.1, 0.15) is 45.2 Å². The fourth-order valence-corrected chi connectivity index (χ4v) is 8.78. The molecule has 0 spiro atoms. The Balaban J connectivity index is 0.000000176. The van der Waals surface area contributed by atoms with Gasteiger partial charge < -0.3 is 29.8 Å². The van der Waals surface area contributed by atoms with Crippen molar-refractivity contribution < 1.29 is 27.9 Å². The van der Waals surface area contributed by atoms with Crippen molar-refractivity contribution in [1.82, 2.24) is 34.6 Å². The van der Waals surface area contributed by atoms with Crippen LogP contribution in [0.3, 0.4) is 0 Å². The average molecular weight is 993 g/mol. The van der Waals surface area contributed by atoms with E-state index in [-0.39, 0.29) is 44.1 Å². The van der Waals surface area contributed by atoms with Crippen LogP contribution in [0.5, 0.6) is 11.5 Å². The summed E-state index contributed by atoms with van der Waals surface area (Å²) >= 11 is 11.8. The van der Waals surface area contributed by atoms with Crippen molar-refractivity contribution in [3.8, 4) is 34.1 Å². The van der Waals surface area contributed by atoms with Gasteiger partial charge in [0.25, 0.3) is 11.8 Å². The van der Waals surface area contributed by atoms with Crippen LogP contribution in [0.2, 0.25) is 10.3 Å². The Morgan fingerprint density at radius 3 is 1.73 bits per heavy atom. The summed E-state index contributed by atoms with van der Waals surface area (Å²) in [6.07, 6.45) is 3.79. The Morgan fingerprint density at radius 1 is 0.648 bits per heavy atom. The second-order valence-electron chi connectivity index (χ2n) is 16.9. The number of fused-ring (bicyclic) bond motifs is 4. The molecular weight excluding hydrogens is 950 g/mol. The number of carbonyl (C=O) groups excluding carboxylic acids is 2. The summed E-state index contributed by atoms with van der Waals surface area (Å²) in [5.74, 6) is -0.299. The van der Waals surface area contributed by atoms with Gasteiger partial charge in [-0.1, -0.05) is 23.2 Å². The minimum absolute atomic E-state index is 0.0749. The predicted octanol–water partition coefficient (Wildman–Crippen LogP) is 9.66. The Hall–Kier alpha value is -8.41. The Morgan fingerprint density at radius 2 is 1.18 bits per heavy atom. The number of hydrogen-bond donors (Lipinski definition) is 2. The lowest BCUT2D eigenvalue weighted by atomic mass is 9.99. The molecule has 0 saturated carbocycles. The zero-order valence-electron chi connectivity index (χ0n) is 39.2. The van der Waals surface area contributed by atoms with E-state index in [4.69, 9.17) is 53.0 Å². The number of nitrogens with zero attached hydrogens (tertiary/aromatic N) is 7. The minimum atomic E-state index is -0.769. The van der Waals surface area contributed by atoms with Crippen LogP contribution < -0.4 is 31.8 Å². The summed E-state index contributed by atoms with van der Waals surface area (Å²) in [6.45, 7) is 10.8. The van der Waals surface area contributed by atoms with Crippen LogP contribution in [-0.2, 0) is 7.05 Å². The highest BCUT2D eigenvalue weighted by atomic mass is 35.5. The number of ether oxygens (including phenoxy) is 2. The first kappa shape index (κ1) is 47.6. The van der Waals surface area contributed by atoms with Gasteiger partial charge in [0.05, 0.1) is 39.8 Å². The first-order valence-corrected chi connectivity index (χ1v) is 22.8. The van der Waals surface area contributed by atoms with Crippen LogP contribution in [0.4, 0.5) is 0 Å². The molecule has 10 aromatic rings. The number of primary amides is 2. The second kappa shape index (κ2) is 18.8. The highest BCUT2D eigenvalue weighted by Crippen LogP contribution is 2.37. The van der Waals surface area contributed by atoms with Gasteiger partial charge in [-0.15, -0.1) is 0 Å². The Bertz CT molecular complexity index is 3940. The third kappa shape index (κ3) is 9.03. The van der Waals surface area contributed by atoms with E-state index in [1.54, 1.807) is 75.2 Å². The normalized spacial score (nSPS) is 12.2. The number of carbonyl (C=O) groups is 2. The van der Waals surface area contributed by atoms with Gasteiger partial charge in [-0.25, -0.2) is 9.97 Å². The number of aryl methyl sites for hydroxylation is 3. The molecule has 2 unspecified atom stereocenters. The number of amides is 2. The predicted molar refractivity (Wildman–Crippen MR) is 269 cm³/mol. The van der Waals surface area contributed by atoms with E-state index < -0.39 is 24.0 Å². The number of hydrogen-bond acceptors (Lipinski definition) is 13. The maximum absolute atomic E-state index is 13.5. The summed E-state index contributed by atoms with van der Waals surface area (Å²) in [7, 11) is 1.87. The standard InChI is InChI=1S/C27H23ClN4O4.C25H20ClN5O4/c1-13-9-18(15(3)35-21-7-8-22(28)31-23(21)27(29)34)26-19(10-13)24(33)14(2)25(36-26)16-5-6-20-17(11-16)12-30-32(20)4;1-12-9-15(14(3)34-19-6-7-20(26)30-21(19)25(27)33)24-16(10-12)22(32)13(2)23(35-24)17-11-29-31-18(17)5-4-8-28-31/h5-12,15H,1-4H3,(H2,29,34);4-11,14H,1-3H3,(H2,27,33). The maximum atomic E-state index is 13.5. The second-order valence-corrected chi connectivity index (χ2v) is 17.7. The van der Waals surface area contributed by atoms with Gasteiger partial charge >= 0.3 is 0 Å². The van der Waals surface area contributed by atoms with E-state index >= 15 is 0 Å². The number of nitrogens with two attached hydrogens (primary N) is 2. The molecule has 0 fully saturated rings. The highest BCUT2D eigenvalue weighted by Gasteiger charge is 2.25. The monoisotopic (exact) mass is 991 g/mol. The molecule has 0 saturated heterocycles. The van der Waals surface area contributed by atoms with E-state index in [9.17, 15) is 19.2 Å². The van der Waals surface area contributed by atoms with Crippen molar-refractivity contribution >= 4 is 73.4 Å². The van der Waals surface area contributed by atoms with Crippen molar-refractivity contribution in [1.29, 1.82) is 0 Å². The summed E-state index contributed by atoms with van der Waals surface area (Å²) < 4.78 is 28.2. The smallest absolute Gasteiger partial charge is 0.271 e. The number of aromatic nitrogens is 7. The van der Waals surface area contributed by atoms with Crippen LogP contribution >= 0.6 is 23.2 Å². The quantitative estimate of drug-likeness (QED) is 0.121. The molecule has 358 valence electrons. The summed E-state index contributed by atoms with van der Waals surface area (Å²) in [5.41, 5.74) is 18.3. The lowest BCUT2D eigenvalue weighted by Gasteiger charge is -2.19. The van der Waals surface area contributed by atoms with Gasteiger partial charge in [0, 0.05) is 46.4 Å². The molecule has 2 atom stereocenters. The van der Waals surface area contributed by atoms with E-state index in [1.807, 2.05) is 57.3 Å². The zero-order valence-corrected chi connectivity index (χ0v) is 40.7. The van der Waals surface area contributed by atoms with Crippen molar-refractivity contribution in [2.45, 2.75) is 53.8 Å². The first-order chi connectivity index (χ1) is 33.9. The molecule has 7 heterocycles. The van der Waals surface area contributed by atoms with Crippen LogP contribution in [0.1, 0.15) is 80.4 Å². The molecule has 19 heteroatoms. The number of rotatable bonds is 10. The minimum Gasteiger partial charge on any atom is -0.483 e. The third-order valence-corrected chi connectivity index (χ3v) is 12.4. The van der Waals surface area contributed by atoms with E-state index in [0.717, 1.165) is 27.6 Å². The zero-order chi connectivity index (χ0) is 50.6. The molecule has 0 aliphatic rings. The largest absolute Gasteiger partial charge is 0.483 e. The Kier molecular flexibility index (Phi) is 12.6. The highest BCUT2D eigenvalue weighted by molar-refractivity contribution is 6.30. The SMILES string of the molecule is Cc1cc(C(C)Oc2ccc(Cl)nc2C(N)=O)c2oc(-c3ccc4c(cnn4C)c3)c(C)c(=O)c2c1.Cc1cc(C(C)Oc2ccc(Cl)nc2C(N)=O)c2oc(-c3cnn4ncccc34)c(C)c(=O)c2c1. The molecule has 0 aliphatic carbocycles. The molecule has 2 amide bonds. The van der Waals surface area contributed by atoms with E-state index in [2.05, 4.69) is 25.3 Å². The molecule has 71 heavy (non-hydrogen) atoms. The third-order valence-electron chi connectivity index (χ3n) is 11.9. The van der Waals surface area contributed by atoms with Crippen LogP contribution in [0.25, 0.3) is 61.0 Å². The average Bonchev–Trinajstić information content (AvgIpc) is 3.95. The molecule has 17 nitrogen and oxygen atoms in total. The van der Waals surface area contributed by atoms with Crippen molar-refractivity contribution in [2.75, 3.05) is 0 Å². The molecule has 10 rings (SSSR count). The number of halogens is 2. The topological polar surface area (TPSA) is 239 Å². The van der Waals surface area contributed by atoms with Crippen molar-refractivity contribution in [3.63, 3.8) is 0 Å². The molecule has 0 aliphatic heterocycles. The van der Waals surface area contributed by atoms with E-state index in [1.165, 1.54) is 22.8 Å². The van der Waals surface area contributed by atoms with Gasteiger partial charge in [-0.3, -0.25) is 23.9 Å². The summed E-state index contributed by atoms with van der Waals surface area (Å²) in [4.78, 5) is 58.6. The van der Waals surface area contributed by atoms with Gasteiger partial charge in [0.2, 0.25) is 0 Å². The number of benzene rings is 3. The van der Waals surface area contributed by atoms with Gasteiger partial charge in [-0.2, -0.15) is 19.9 Å². The fourth-order valence-electron chi connectivity index (χ4n) is 8.48. The number of pyridine rings is 2. The van der Waals surface area contributed by atoms with E-state index in [0.29, 0.717) is 66.8 Å². The van der Waals surface area contributed by atoms with Crippen LogP contribution in [0, 0.1) is 27.7 Å². The van der Waals surface area contributed by atoms with Crippen LogP contribution in [0.15, 0.2) is 116 Å². The molecule has 0 radical (unpaired) electrons. The molecular formula is C52H43Cl2N9O8. The summed E-state index contributed by atoms with van der Waals surface area (Å²) in [5, 5.41) is 14.8. The lowest BCUT2D eigenvalue weighted by Crippen LogP contribution is -2.17. The molecule has 4 N–H and O–H groups in total. The van der Waals surface area contributed by atoms with Gasteiger partial charge in [0.15, 0.2) is 33.7 Å². The fraction of sp³-hybridized carbons (Fsp3) is 0.173. The first-order valence-electron chi connectivity index (χ1n) is 22.0. The van der Waals surface area contributed by atoms with Crippen molar-refractivity contribution in [3.05, 3.63) is 173 Å². The van der Waals surface area contributed by atoms with Crippen LogP contribution in [-0.4, -0.2) is 46.4 Å². The molecule has 0 bridgehead atoms. The maximum Gasteiger partial charge on any atom is 0.271 e. The lowest BCUT2D eigenvalue weighted by molar-refractivity contribution is 0.0979. The summed E-state index contributed by atoms with van der Waals surface area (Å²) in [6, 6.07) is 22.9. The molecule has 3 aromatic carbocycles.